The maximum absolute atomic E-state index is 14.1. The molecule has 0 saturated carbocycles. The molecule has 6 rings (SSSR count). The summed E-state index contributed by atoms with van der Waals surface area (Å²) in [4.78, 5) is 136. The smallest absolute Gasteiger partial charge is 0.317 e. The van der Waals surface area contributed by atoms with Crippen LogP contribution in [0.5, 0.6) is 5.75 Å². The maximum atomic E-state index is 14.1. The average molecular weight is 1360 g/mol. The number of carbonyl (C=O) groups excluding carboxylic acids is 6. The minimum atomic E-state index is -3.06. The molecule has 0 aliphatic carbocycles. The van der Waals surface area contributed by atoms with Gasteiger partial charge in [0.05, 0.1) is 63.0 Å². The van der Waals surface area contributed by atoms with E-state index in [1.165, 1.54) is 25.5 Å². The summed E-state index contributed by atoms with van der Waals surface area (Å²) < 4.78 is 35.5. The van der Waals surface area contributed by atoms with E-state index in [-0.39, 0.29) is 109 Å². The Balaban J connectivity index is 0.987. The van der Waals surface area contributed by atoms with Gasteiger partial charge < -0.3 is 51.1 Å². The first-order valence-corrected chi connectivity index (χ1v) is 31.2. The number of likely N-dealkylation sites (tertiary alicyclic amines) is 1. The fourth-order valence-corrected chi connectivity index (χ4v) is 11.2. The van der Waals surface area contributed by atoms with Crippen molar-refractivity contribution in [3.8, 4) is 5.75 Å². The summed E-state index contributed by atoms with van der Waals surface area (Å²) in [6.07, 6.45) is 5.74. The third-order valence-electron chi connectivity index (χ3n) is 15.7. The highest BCUT2D eigenvalue weighted by atomic mass is 127. The number of rotatable bonds is 30. The van der Waals surface area contributed by atoms with Crippen molar-refractivity contribution in [3.05, 3.63) is 69.4 Å². The molecule has 0 bridgehead atoms. The number of benzene rings is 2. The number of hydrogen-bond donors (Lipinski definition) is 7. The van der Waals surface area contributed by atoms with Gasteiger partial charge in [-0.1, -0.05) is 12.1 Å². The first-order chi connectivity index (χ1) is 42.5. The van der Waals surface area contributed by atoms with E-state index in [1.54, 1.807) is 49.6 Å². The number of aliphatic carboxylic acids is 3. The number of fused-ring (bicyclic) bond motifs is 1. The molecule has 2 aromatic carbocycles. The van der Waals surface area contributed by atoms with Crippen LogP contribution in [0.3, 0.4) is 0 Å². The second-order valence-corrected chi connectivity index (χ2v) is 23.9. The molecule has 0 spiro atoms. The van der Waals surface area contributed by atoms with Gasteiger partial charge in [-0.2, -0.15) is 0 Å². The number of aromatic nitrogens is 1. The van der Waals surface area contributed by atoms with Crippen molar-refractivity contribution in [1.29, 1.82) is 0 Å². The normalized spacial score (nSPS) is 18.3. The van der Waals surface area contributed by atoms with E-state index in [2.05, 4.69) is 58.7 Å². The lowest BCUT2D eigenvalue weighted by atomic mass is 10.1. The zero-order chi connectivity index (χ0) is 64.5. The van der Waals surface area contributed by atoms with E-state index in [4.69, 9.17) is 4.74 Å². The monoisotopic (exact) mass is 1360 g/mol. The van der Waals surface area contributed by atoms with Crippen LogP contribution in [0.4, 0.5) is 8.78 Å². The highest BCUT2D eigenvalue weighted by Crippen LogP contribution is 2.31. The molecule has 3 saturated heterocycles. The summed E-state index contributed by atoms with van der Waals surface area (Å²) in [7, 11) is 1.44. The fourth-order valence-electron chi connectivity index (χ4n) is 10.9. The van der Waals surface area contributed by atoms with Crippen molar-refractivity contribution in [3.63, 3.8) is 0 Å². The molecule has 0 unspecified atom stereocenters. The topological polar surface area (TPSA) is 320 Å². The third-order valence-corrected chi connectivity index (χ3v) is 16.4. The van der Waals surface area contributed by atoms with E-state index in [1.807, 2.05) is 24.3 Å². The van der Waals surface area contributed by atoms with Gasteiger partial charge in [-0.15, -0.1) is 0 Å². The Morgan fingerprint density at radius 2 is 1.33 bits per heavy atom. The number of unbranched alkanes of at least 4 members (excludes halogenated alkanes) is 1. The number of halogens is 3. The van der Waals surface area contributed by atoms with Gasteiger partial charge in [-0.3, -0.25) is 77.6 Å². The summed E-state index contributed by atoms with van der Waals surface area (Å²) in [5.74, 6) is -8.67. The number of nitrogens with zero attached hydrogens (tertiary/aromatic N) is 9. The Morgan fingerprint density at radius 1 is 0.730 bits per heavy atom. The Morgan fingerprint density at radius 3 is 1.92 bits per heavy atom. The largest absolute Gasteiger partial charge is 0.494 e. The predicted octanol–water partition coefficient (Wildman–Crippen LogP) is 1.19. The maximum Gasteiger partial charge on any atom is 0.317 e. The number of amides is 6. The molecule has 0 radical (unpaired) electrons. The number of aliphatic imine (C=N–C) groups is 1. The number of aryl methyl sites for hydroxylation is 1. The van der Waals surface area contributed by atoms with Crippen LogP contribution >= 0.6 is 22.6 Å². The van der Waals surface area contributed by atoms with Crippen molar-refractivity contribution >= 4 is 93.1 Å². The average Bonchev–Trinajstić information content (AvgIpc) is 2.00. The van der Waals surface area contributed by atoms with Crippen LogP contribution < -0.4 is 26.0 Å². The van der Waals surface area contributed by atoms with Crippen LogP contribution in [0.15, 0.2) is 59.7 Å². The number of carboxylic acids is 3. The molecule has 1 aromatic heterocycles. The van der Waals surface area contributed by atoms with Gasteiger partial charge in [0.25, 0.3) is 11.8 Å². The van der Waals surface area contributed by atoms with Crippen molar-refractivity contribution in [1.82, 2.24) is 60.6 Å². The number of carboxylic acid groups (broad SMARTS) is 3. The Bertz CT molecular complexity index is 2890. The number of alkyl halides is 2. The Hall–Kier alpha value is -7.06. The predicted molar refractivity (Wildman–Crippen MR) is 334 cm³/mol. The van der Waals surface area contributed by atoms with Gasteiger partial charge in [0.1, 0.15) is 17.8 Å². The molecule has 3 fully saturated rings. The molecule has 6 amide bonds. The molecular weight excluding hydrogens is 1280 g/mol. The van der Waals surface area contributed by atoms with Crippen LogP contribution in [0.2, 0.25) is 0 Å². The zero-order valence-corrected chi connectivity index (χ0v) is 52.8. The molecule has 7 N–H and O–H groups in total. The number of hydrogen-bond acceptors (Lipinski definition) is 17. The van der Waals surface area contributed by atoms with Gasteiger partial charge in [0.15, 0.2) is 0 Å². The SMILES string of the molecule is C/N=C/[C@H]1CC(F)(F)CN1C(=O)CNC(=O)c1ccnc2ccc(OCCCCN3CCN(C(=O)[C@H](C)NC(=O)[C@H](CCCNC(=O)CCCc4ccc(I)cc4)NC(=O)CN4CCN(CC(=O)O)CCN(CC(=O)O)CCN(CC(=O)O)CC4)CC3)cc12. The molecule has 488 valence electrons. The summed E-state index contributed by atoms with van der Waals surface area (Å²) in [6, 6.07) is 11.8. The molecule has 26 nitrogen and oxygen atoms in total. The van der Waals surface area contributed by atoms with E-state index in [0.29, 0.717) is 75.1 Å². The van der Waals surface area contributed by atoms with E-state index >= 15 is 0 Å². The van der Waals surface area contributed by atoms with Crippen LogP contribution in [-0.4, -0.2) is 283 Å². The second kappa shape index (κ2) is 36.0. The Labute approximate surface area is 530 Å². The number of nitrogens with one attached hydrogen (secondary N) is 4. The van der Waals surface area contributed by atoms with Gasteiger partial charge in [-0.05, 0) is 117 Å². The van der Waals surface area contributed by atoms with Crippen molar-refractivity contribution < 1.29 is 72.0 Å². The third kappa shape index (κ3) is 24.7. The minimum Gasteiger partial charge on any atom is -0.494 e. The lowest BCUT2D eigenvalue weighted by Gasteiger charge is -2.36. The summed E-state index contributed by atoms with van der Waals surface area (Å²) in [5.41, 5.74) is 1.87. The lowest BCUT2D eigenvalue weighted by Crippen LogP contribution is -2.57. The fraction of sp³-hybridized carbons (Fsp3) is 0.583. The lowest BCUT2D eigenvalue weighted by molar-refractivity contribution is -0.140. The van der Waals surface area contributed by atoms with Crippen LogP contribution in [0, 0.1) is 3.57 Å². The molecule has 4 heterocycles. The molecular formula is C60H84F2IN13O13. The van der Waals surface area contributed by atoms with E-state index in [0.717, 1.165) is 33.4 Å². The summed E-state index contributed by atoms with van der Waals surface area (Å²) >= 11 is 2.23. The van der Waals surface area contributed by atoms with Crippen molar-refractivity contribution in [2.24, 2.45) is 4.99 Å². The quantitative estimate of drug-likeness (QED) is 0.0280. The number of pyridine rings is 1. The van der Waals surface area contributed by atoms with Gasteiger partial charge >= 0.3 is 17.9 Å². The molecule has 29 heteroatoms. The van der Waals surface area contributed by atoms with Crippen molar-refractivity contribution in [2.75, 3.05) is 145 Å². The van der Waals surface area contributed by atoms with Crippen molar-refractivity contribution in [2.45, 2.75) is 82.3 Å². The van der Waals surface area contributed by atoms with Gasteiger partial charge in [0.2, 0.25) is 29.5 Å². The first-order valence-electron chi connectivity index (χ1n) is 30.1. The van der Waals surface area contributed by atoms with Crippen LogP contribution in [-0.2, 0) is 44.8 Å². The van der Waals surface area contributed by atoms with Gasteiger partial charge in [-0.25, -0.2) is 8.78 Å². The zero-order valence-electron chi connectivity index (χ0n) is 50.6. The van der Waals surface area contributed by atoms with E-state index in [9.17, 15) is 67.3 Å². The van der Waals surface area contributed by atoms with Crippen LogP contribution in [0.25, 0.3) is 10.9 Å². The Kier molecular flexibility index (Phi) is 28.7. The highest BCUT2D eigenvalue weighted by Gasteiger charge is 2.46. The molecule has 89 heavy (non-hydrogen) atoms. The molecule has 3 atom stereocenters. The van der Waals surface area contributed by atoms with E-state index < -0.39 is 85.1 Å². The summed E-state index contributed by atoms with van der Waals surface area (Å²) in [5, 5.41) is 40.5. The van der Waals surface area contributed by atoms with Crippen LogP contribution in [0.1, 0.15) is 67.8 Å². The minimum absolute atomic E-state index is 0.104. The van der Waals surface area contributed by atoms with Gasteiger partial charge in [0, 0.05) is 126 Å². The number of ether oxygens (including phenoxy) is 1. The number of carbonyl (C=O) groups is 9. The second-order valence-electron chi connectivity index (χ2n) is 22.6. The molecule has 3 aliphatic rings. The first kappa shape index (κ1) is 71.0. The highest BCUT2D eigenvalue weighted by molar-refractivity contribution is 14.1. The molecule has 3 aliphatic heterocycles. The summed E-state index contributed by atoms with van der Waals surface area (Å²) in [6.45, 7) is 3.88. The standard InChI is InChI=1S/C60H84F2IN13O13/c1-42(59(88)75-30-28-70(29-31-75)19-3-4-32-89-46-14-15-49-48(33-46)47(16-18-65-49)57(86)67-36-53(79)76-41-60(61,62)34-45(76)35-64-2)68-58(87)50(8-6-17-66-51(77)9-5-7-43-10-12-44(63)13-11-43)69-52(78)37-71-20-22-72(38-54(80)81)24-26-74(40-56(84)85)27-25-73(23-21-71)39-55(82)83/h10-16,18,33,35,42,45,50H,3-9,17,19-32,34,36-41H2,1-2H3,(H,66,77)(H,67,86)(H,68,87)(H,69,78)(H,80,81)(H,82,83)(H,84,85)/b64-35+/t42-,45+,50-/m0/s1. The number of piperazine rings is 1. The molecule has 3 aromatic rings.